The molecule has 15 heavy (non-hydrogen) atoms. The molecule has 1 aromatic rings. The normalized spacial score (nSPS) is 16.9. The van der Waals surface area contributed by atoms with Crippen molar-refractivity contribution in [1.29, 1.82) is 0 Å². The molecule has 80 valence electrons. The van der Waals surface area contributed by atoms with Gasteiger partial charge in [-0.1, -0.05) is 23.7 Å². The minimum Gasteiger partial charge on any atom is -0.313 e. The maximum absolute atomic E-state index is 6.00. The molecule has 0 heterocycles. The highest BCUT2D eigenvalue weighted by Crippen LogP contribution is 2.30. The van der Waals surface area contributed by atoms with Gasteiger partial charge in [-0.05, 0) is 55.6 Å². The number of rotatable bonds is 2. The number of hydrogen-bond donors (Lipinski definition) is 1. The fourth-order valence-corrected chi connectivity index (χ4v) is 2.30. The third kappa shape index (κ3) is 2.09. The molecule has 0 saturated heterocycles. The molecular weight excluding hydrogens is 206 g/mol. The summed E-state index contributed by atoms with van der Waals surface area (Å²) in [5, 5.41) is 4.13. The lowest BCUT2D eigenvalue weighted by atomic mass is 9.87. The zero-order chi connectivity index (χ0) is 10.8. The molecule has 0 spiro atoms. The number of hydrogen-bond acceptors (Lipinski definition) is 1. The third-order valence-electron chi connectivity index (χ3n) is 3.06. The average molecular weight is 222 g/mol. The number of aryl methyl sites for hydroxylation is 1. The summed E-state index contributed by atoms with van der Waals surface area (Å²) < 4.78 is 0. The SMILES string of the molecule is CNC(C)C1=CCCc2cc(Cl)ccc21. The van der Waals surface area contributed by atoms with Gasteiger partial charge >= 0.3 is 0 Å². The Labute approximate surface area is 96.1 Å². The molecule has 0 amide bonds. The second-order valence-corrected chi connectivity index (χ2v) is 4.45. The van der Waals surface area contributed by atoms with Crippen molar-refractivity contribution < 1.29 is 0 Å². The molecule has 0 aliphatic heterocycles. The van der Waals surface area contributed by atoms with E-state index in [9.17, 15) is 0 Å². The fourth-order valence-electron chi connectivity index (χ4n) is 2.11. The zero-order valence-corrected chi connectivity index (χ0v) is 9.93. The molecule has 0 aromatic heterocycles. The molecule has 1 unspecified atom stereocenters. The maximum atomic E-state index is 6.00. The van der Waals surface area contributed by atoms with Gasteiger partial charge in [0.25, 0.3) is 0 Å². The van der Waals surface area contributed by atoms with Crippen molar-refractivity contribution in [2.75, 3.05) is 7.05 Å². The van der Waals surface area contributed by atoms with E-state index in [1.165, 1.54) is 16.7 Å². The lowest BCUT2D eigenvalue weighted by molar-refractivity contribution is 0.736. The maximum Gasteiger partial charge on any atom is 0.0409 e. The van der Waals surface area contributed by atoms with Gasteiger partial charge in [-0.3, -0.25) is 0 Å². The van der Waals surface area contributed by atoms with Crippen LogP contribution in [0.25, 0.3) is 5.57 Å². The minimum atomic E-state index is 0.408. The van der Waals surface area contributed by atoms with Crippen molar-refractivity contribution in [3.8, 4) is 0 Å². The highest BCUT2D eigenvalue weighted by Gasteiger charge is 2.16. The van der Waals surface area contributed by atoms with E-state index in [4.69, 9.17) is 11.6 Å². The lowest BCUT2D eigenvalue weighted by Crippen LogP contribution is -2.24. The molecule has 0 bridgehead atoms. The Morgan fingerprint density at radius 1 is 1.40 bits per heavy atom. The minimum absolute atomic E-state index is 0.408. The molecule has 0 radical (unpaired) electrons. The molecular formula is C13H16ClN. The van der Waals surface area contributed by atoms with Crippen molar-refractivity contribution in [3.63, 3.8) is 0 Å². The number of allylic oxidation sites excluding steroid dienone is 1. The van der Waals surface area contributed by atoms with Gasteiger partial charge in [-0.2, -0.15) is 0 Å². The van der Waals surface area contributed by atoms with Crippen molar-refractivity contribution >= 4 is 17.2 Å². The Kier molecular flexibility index (Phi) is 3.13. The van der Waals surface area contributed by atoms with E-state index < -0.39 is 0 Å². The lowest BCUT2D eigenvalue weighted by Gasteiger charge is -2.22. The Balaban J connectivity index is 2.42. The van der Waals surface area contributed by atoms with E-state index in [1.807, 2.05) is 13.1 Å². The highest BCUT2D eigenvalue weighted by molar-refractivity contribution is 6.30. The van der Waals surface area contributed by atoms with Crippen molar-refractivity contribution in [2.24, 2.45) is 0 Å². The number of benzene rings is 1. The van der Waals surface area contributed by atoms with Crippen LogP contribution in [0, 0.1) is 0 Å². The molecule has 1 aromatic carbocycles. The van der Waals surface area contributed by atoms with Gasteiger partial charge in [0.05, 0.1) is 0 Å². The first-order valence-corrected chi connectivity index (χ1v) is 5.76. The van der Waals surface area contributed by atoms with Crippen LogP contribution in [0.1, 0.15) is 24.5 Å². The Bertz CT molecular complexity index is 396. The second-order valence-electron chi connectivity index (χ2n) is 4.01. The first kappa shape index (κ1) is 10.7. The van der Waals surface area contributed by atoms with Gasteiger partial charge in [0.1, 0.15) is 0 Å². The standard InChI is InChI=1S/C13H16ClN/c1-9(15-2)12-5-3-4-10-8-11(14)6-7-13(10)12/h5-9,15H,3-4H2,1-2H3. The van der Waals surface area contributed by atoms with Crippen LogP contribution in [0.5, 0.6) is 0 Å². The monoisotopic (exact) mass is 221 g/mol. The quantitative estimate of drug-likeness (QED) is 0.808. The molecule has 1 nitrogen and oxygen atoms in total. The first-order valence-electron chi connectivity index (χ1n) is 5.38. The van der Waals surface area contributed by atoms with Crippen LogP contribution in [0.4, 0.5) is 0 Å². The average Bonchev–Trinajstić information content (AvgIpc) is 2.26. The summed E-state index contributed by atoms with van der Waals surface area (Å²) in [6, 6.07) is 6.61. The number of nitrogens with one attached hydrogen (secondary N) is 1. The number of halogens is 1. The predicted molar refractivity (Wildman–Crippen MR) is 66.3 cm³/mol. The first-order chi connectivity index (χ1) is 7.22. The molecule has 0 saturated carbocycles. The fraction of sp³-hybridized carbons (Fsp3) is 0.385. The zero-order valence-electron chi connectivity index (χ0n) is 9.18. The summed E-state index contributed by atoms with van der Waals surface area (Å²) in [7, 11) is 2.00. The smallest absolute Gasteiger partial charge is 0.0409 e. The van der Waals surface area contributed by atoms with E-state index >= 15 is 0 Å². The molecule has 1 aliphatic rings. The summed E-state index contributed by atoms with van der Waals surface area (Å²) in [5.74, 6) is 0. The van der Waals surface area contributed by atoms with E-state index in [1.54, 1.807) is 0 Å². The summed E-state index contributed by atoms with van der Waals surface area (Å²) in [5.41, 5.74) is 4.13. The summed E-state index contributed by atoms with van der Waals surface area (Å²) >= 11 is 6.00. The number of likely N-dealkylation sites (N-methyl/N-ethyl adjacent to an activating group) is 1. The summed E-state index contributed by atoms with van der Waals surface area (Å²) in [6.45, 7) is 2.19. The third-order valence-corrected chi connectivity index (χ3v) is 3.29. The summed E-state index contributed by atoms with van der Waals surface area (Å²) in [4.78, 5) is 0. The molecule has 0 fully saturated rings. The van der Waals surface area contributed by atoms with Gasteiger partial charge in [0.15, 0.2) is 0 Å². The molecule has 2 heteroatoms. The molecule has 1 N–H and O–H groups in total. The van der Waals surface area contributed by atoms with Crippen LogP contribution in [0.15, 0.2) is 24.3 Å². The highest BCUT2D eigenvalue weighted by atomic mass is 35.5. The second kappa shape index (κ2) is 4.38. The molecule has 1 atom stereocenters. The van der Waals surface area contributed by atoms with Crippen LogP contribution in [-0.4, -0.2) is 13.1 Å². The number of fused-ring (bicyclic) bond motifs is 1. The van der Waals surface area contributed by atoms with Crippen LogP contribution < -0.4 is 5.32 Å². The van der Waals surface area contributed by atoms with Gasteiger partial charge < -0.3 is 5.32 Å². The van der Waals surface area contributed by atoms with E-state index in [2.05, 4.69) is 30.4 Å². The molecule has 2 rings (SSSR count). The molecule has 1 aliphatic carbocycles. The van der Waals surface area contributed by atoms with Crippen molar-refractivity contribution in [2.45, 2.75) is 25.8 Å². The Hall–Kier alpha value is -0.790. The van der Waals surface area contributed by atoms with Gasteiger partial charge in [0, 0.05) is 11.1 Å². The van der Waals surface area contributed by atoms with Gasteiger partial charge in [-0.15, -0.1) is 0 Å². The summed E-state index contributed by atoms with van der Waals surface area (Å²) in [6.07, 6.45) is 4.56. The van der Waals surface area contributed by atoms with Crippen LogP contribution >= 0.6 is 11.6 Å². The van der Waals surface area contributed by atoms with Gasteiger partial charge in [0.2, 0.25) is 0 Å². The Morgan fingerprint density at radius 2 is 2.20 bits per heavy atom. The van der Waals surface area contributed by atoms with E-state index in [0.717, 1.165) is 17.9 Å². The van der Waals surface area contributed by atoms with E-state index in [0.29, 0.717) is 6.04 Å². The largest absolute Gasteiger partial charge is 0.313 e. The van der Waals surface area contributed by atoms with Gasteiger partial charge in [-0.25, -0.2) is 0 Å². The van der Waals surface area contributed by atoms with Crippen molar-refractivity contribution in [1.82, 2.24) is 5.32 Å². The van der Waals surface area contributed by atoms with Crippen LogP contribution in [0.2, 0.25) is 5.02 Å². The Morgan fingerprint density at radius 3 is 2.93 bits per heavy atom. The van der Waals surface area contributed by atoms with Crippen molar-refractivity contribution in [3.05, 3.63) is 40.4 Å². The topological polar surface area (TPSA) is 12.0 Å². The van der Waals surface area contributed by atoms with Crippen LogP contribution in [0.3, 0.4) is 0 Å². The van der Waals surface area contributed by atoms with Crippen LogP contribution in [-0.2, 0) is 6.42 Å². The predicted octanol–water partition coefficient (Wildman–Crippen LogP) is 3.28. The van der Waals surface area contributed by atoms with E-state index in [-0.39, 0.29) is 0 Å².